The maximum atomic E-state index is 5.26. The van der Waals surface area contributed by atoms with Gasteiger partial charge in [0.25, 0.3) is 0 Å². The van der Waals surface area contributed by atoms with Crippen LogP contribution in [0.15, 0.2) is 10.2 Å². The van der Waals surface area contributed by atoms with Crippen LogP contribution in [-0.2, 0) is 0 Å². The predicted octanol–water partition coefficient (Wildman–Crippen LogP) is -0.682. The van der Waals surface area contributed by atoms with Gasteiger partial charge in [0.1, 0.15) is 4.99 Å². The lowest BCUT2D eigenvalue weighted by molar-refractivity contribution is 0.975. The second kappa shape index (κ2) is 8.21. The van der Waals surface area contributed by atoms with E-state index in [9.17, 15) is 0 Å². The number of rotatable bonds is 4. The van der Waals surface area contributed by atoms with Gasteiger partial charge in [0.15, 0.2) is 5.11 Å². The van der Waals surface area contributed by atoms with Crippen molar-refractivity contribution in [2.24, 2.45) is 15.9 Å². The minimum Gasteiger partial charge on any atom is -0.364 e. The van der Waals surface area contributed by atoms with Crippen LogP contribution >= 0.6 is 24.4 Å². The first-order valence-corrected chi connectivity index (χ1v) is 4.95. The van der Waals surface area contributed by atoms with Crippen molar-refractivity contribution in [2.75, 3.05) is 13.6 Å². The fourth-order valence-corrected chi connectivity index (χ4v) is 0.565. The summed E-state index contributed by atoms with van der Waals surface area (Å²) < 4.78 is 0. The molecular weight excluding hydrogens is 232 g/mol. The van der Waals surface area contributed by atoms with Crippen LogP contribution in [0.25, 0.3) is 0 Å². The third kappa shape index (κ3) is 7.91. The van der Waals surface area contributed by atoms with Crippen LogP contribution in [0.2, 0.25) is 0 Å². The summed E-state index contributed by atoms with van der Waals surface area (Å²) in [5.74, 6) is 0. The summed E-state index contributed by atoms with van der Waals surface area (Å²) in [4.78, 5) is 0.470. The minimum absolute atomic E-state index is 0.269. The molecule has 15 heavy (non-hydrogen) atoms. The predicted molar refractivity (Wildman–Crippen MR) is 71.2 cm³/mol. The number of thiocarbonyl (C=S) groups is 2. The quantitative estimate of drug-likeness (QED) is 0.299. The van der Waals surface area contributed by atoms with E-state index in [2.05, 4.69) is 26.4 Å². The third-order valence-electron chi connectivity index (χ3n) is 1.19. The van der Waals surface area contributed by atoms with E-state index >= 15 is 0 Å². The molecule has 0 atom stereocenters. The van der Waals surface area contributed by atoms with Gasteiger partial charge in [-0.05, 0) is 19.1 Å². The molecule has 0 unspecified atom stereocenters. The first-order valence-electron chi connectivity index (χ1n) is 4.14. The lowest BCUT2D eigenvalue weighted by Gasteiger charge is -2.00. The molecular formula is C7H14N6S2. The van der Waals surface area contributed by atoms with E-state index in [0.717, 1.165) is 0 Å². The van der Waals surface area contributed by atoms with E-state index in [1.54, 1.807) is 14.0 Å². The minimum atomic E-state index is 0.269. The Balaban J connectivity index is 3.95. The highest BCUT2D eigenvalue weighted by Gasteiger charge is 1.89. The average molecular weight is 246 g/mol. The van der Waals surface area contributed by atoms with Crippen molar-refractivity contribution in [2.45, 2.75) is 6.92 Å². The number of nitrogens with zero attached hydrogens (tertiary/aromatic N) is 2. The Bertz CT molecular complexity index is 285. The smallest absolute Gasteiger partial charge is 0.186 e. The zero-order valence-electron chi connectivity index (χ0n) is 8.57. The van der Waals surface area contributed by atoms with Crippen LogP contribution in [0, 0.1) is 0 Å². The van der Waals surface area contributed by atoms with Crippen LogP contribution < -0.4 is 21.9 Å². The molecule has 0 aliphatic heterocycles. The van der Waals surface area contributed by atoms with E-state index in [-0.39, 0.29) is 6.54 Å². The Morgan fingerprint density at radius 3 is 2.60 bits per heavy atom. The second-order valence-electron chi connectivity index (χ2n) is 2.44. The maximum absolute atomic E-state index is 5.26. The van der Waals surface area contributed by atoms with Crippen molar-refractivity contribution in [1.82, 2.24) is 16.2 Å². The van der Waals surface area contributed by atoms with Gasteiger partial charge >= 0.3 is 0 Å². The highest BCUT2D eigenvalue weighted by molar-refractivity contribution is 7.80. The van der Waals surface area contributed by atoms with E-state index in [4.69, 9.17) is 30.2 Å². The molecule has 0 aromatic heterocycles. The van der Waals surface area contributed by atoms with Crippen LogP contribution in [0.5, 0.6) is 0 Å². The molecule has 0 aromatic carbocycles. The highest BCUT2D eigenvalue weighted by Crippen LogP contribution is 1.72. The SMILES string of the molecule is CNC(=S)N/N=C(C)/C=N/NC(=S)CN. The lowest BCUT2D eigenvalue weighted by Crippen LogP contribution is -2.29. The number of hydrazone groups is 2. The summed E-state index contributed by atoms with van der Waals surface area (Å²) in [7, 11) is 1.70. The summed E-state index contributed by atoms with van der Waals surface area (Å²) in [6, 6.07) is 0. The Kier molecular flexibility index (Phi) is 7.60. The van der Waals surface area contributed by atoms with E-state index in [1.165, 1.54) is 6.21 Å². The monoisotopic (exact) mass is 246 g/mol. The second-order valence-corrected chi connectivity index (χ2v) is 3.34. The van der Waals surface area contributed by atoms with Gasteiger partial charge in [-0.1, -0.05) is 12.2 Å². The van der Waals surface area contributed by atoms with Crippen molar-refractivity contribution in [1.29, 1.82) is 0 Å². The fraction of sp³-hybridized carbons (Fsp3) is 0.429. The summed E-state index contributed by atoms with van der Waals surface area (Å²) in [6.45, 7) is 2.03. The molecule has 0 aliphatic carbocycles. The molecule has 6 nitrogen and oxygen atoms in total. The molecule has 0 spiro atoms. The van der Waals surface area contributed by atoms with Crippen molar-refractivity contribution >= 4 is 46.5 Å². The van der Waals surface area contributed by atoms with Gasteiger partial charge in [-0.15, -0.1) is 0 Å². The molecule has 0 saturated carbocycles. The molecule has 0 heterocycles. The Labute approximate surface area is 99.4 Å². The zero-order valence-corrected chi connectivity index (χ0v) is 10.2. The Morgan fingerprint density at radius 2 is 2.07 bits per heavy atom. The molecule has 0 aliphatic rings. The molecule has 0 radical (unpaired) electrons. The third-order valence-corrected chi connectivity index (χ3v) is 1.74. The number of nitrogens with one attached hydrogen (secondary N) is 3. The normalized spacial score (nSPS) is 11.3. The summed E-state index contributed by atoms with van der Waals surface area (Å²) in [6.07, 6.45) is 1.51. The molecule has 0 rings (SSSR count). The van der Waals surface area contributed by atoms with Crippen LogP contribution in [0.4, 0.5) is 0 Å². The van der Waals surface area contributed by atoms with E-state index < -0.39 is 0 Å². The molecule has 0 aromatic rings. The van der Waals surface area contributed by atoms with Gasteiger partial charge in [-0.3, -0.25) is 10.9 Å². The van der Waals surface area contributed by atoms with Gasteiger partial charge in [-0.2, -0.15) is 10.2 Å². The first-order chi connectivity index (χ1) is 7.10. The van der Waals surface area contributed by atoms with Gasteiger partial charge in [0, 0.05) is 13.6 Å². The fourth-order valence-electron chi connectivity index (χ4n) is 0.467. The van der Waals surface area contributed by atoms with Gasteiger partial charge in [0.05, 0.1) is 11.9 Å². The summed E-state index contributed by atoms with van der Waals surface area (Å²) in [5, 5.41) is 10.9. The molecule has 8 heteroatoms. The maximum Gasteiger partial charge on any atom is 0.186 e. The standard InChI is InChI=1S/C7H14N6S2/c1-5(11-13-7(15)9-2)4-10-12-6(14)3-8/h4H,3,8H2,1-2H3,(H,12,14)(H2,9,13,15)/b10-4+,11-5+. The molecule has 0 bridgehead atoms. The number of nitrogens with two attached hydrogens (primary N) is 1. The van der Waals surface area contributed by atoms with Gasteiger partial charge < -0.3 is 11.1 Å². The molecule has 0 amide bonds. The van der Waals surface area contributed by atoms with E-state index in [0.29, 0.717) is 15.8 Å². The molecule has 5 N–H and O–H groups in total. The Hall–Kier alpha value is -1.12. The highest BCUT2D eigenvalue weighted by atomic mass is 32.1. The lowest BCUT2D eigenvalue weighted by atomic mass is 10.5. The van der Waals surface area contributed by atoms with E-state index in [1.807, 2.05) is 0 Å². The number of hydrogen-bond acceptors (Lipinski definition) is 5. The largest absolute Gasteiger partial charge is 0.364 e. The van der Waals surface area contributed by atoms with Crippen LogP contribution in [-0.4, -0.2) is 35.6 Å². The average Bonchev–Trinajstić information content (AvgIpc) is 2.25. The van der Waals surface area contributed by atoms with Crippen molar-refractivity contribution < 1.29 is 0 Å². The topological polar surface area (TPSA) is 86.8 Å². The summed E-state index contributed by atoms with van der Waals surface area (Å²) in [5.41, 5.74) is 11.1. The van der Waals surface area contributed by atoms with Crippen molar-refractivity contribution in [3.63, 3.8) is 0 Å². The Morgan fingerprint density at radius 1 is 1.40 bits per heavy atom. The van der Waals surface area contributed by atoms with Gasteiger partial charge in [-0.25, -0.2) is 0 Å². The molecule has 84 valence electrons. The molecule has 0 fully saturated rings. The number of hydrogen-bond donors (Lipinski definition) is 4. The van der Waals surface area contributed by atoms with Crippen LogP contribution in [0.3, 0.4) is 0 Å². The zero-order chi connectivity index (χ0) is 11.7. The first kappa shape index (κ1) is 13.9. The van der Waals surface area contributed by atoms with Crippen molar-refractivity contribution in [3.05, 3.63) is 0 Å². The van der Waals surface area contributed by atoms with Crippen molar-refractivity contribution in [3.8, 4) is 0 Å². The summed E-state index contributed by atoms with van der Waals surface area (Å²) >= 11 is 9.62. The molecule has 0 saturated heterocycles. The van der Waals surface area contributed by atoms with Crippen LogP contribution in [0.1, 0.15) is 6.92 Å². The van der Waals surface area contributed by atoms with Gasteiger partial charge in [0.2, 0.25) is 0 Å².